The molecular formula is C15H22ClN3O. The number of ether oxygens (including phenoxy) is 1. The van der Waals surface area contributed by atoms with E-state index in [2.05, 4.69) is 28.6 Å². The van der Waals surface area contributed by atoms with Crippen LogP contribution in [0.2, 0.25) is 5.02 Å². The molecule has 20 heavy (non-hydrogen) atoms. The minimum absolute atomic E-state index is 0.241. The van der Waals surface area contributed by atoms with Crippen LogP contribution in [0.15, 0.2) is 29.3 Å². The maximum absolute atomic E-state index is 5.97. The van der Waals surface area contributed by atoms with Crippen LogP contribution < -0.4 is 10.6 Å². The van der Waals surface area contributed by atoms with Gasteiger partial charge in [-0.15, -0.1) is 0 Å². The summed E-state index contributed by atoms with van der Waals surface area (Å²) in [6.45, 7) is 5.55. The number of halogens is 1. The van der Waals surface area contributed by atoms with E-state index >= 15 is 0 Å². The molecule has 0 aromatic heterocycles. The highest BCUT2D eigenvalue weighted by molar-refractivity contribution is 6.30. The van der Waals surface area contributed by atoms with E-state index in [1.165, 1.54) is 5.56 Å². The van der Waals surface area contributed by atoms with Crippen LogP contribution in [-0.4, -0.2) is 39.3 Å². The summed E-state index contributed by atoms with van der Waals surface area (Å²) in [5.74, 6) is 0.833. The van der Waals surface area contributed by atoms with Crippen molar-refractivity contribution in [3.8, 4) is 0 Å². The lowest BCUT2D eigenvalue weighted by Crippen LogP contribution is -2.51. The molecule has 1 aliphatic rings. The van der Waals surface area contributed by atoms with Crippen LogP contribution in [0, 0.1) is 5.41 Å². The van der Waals surface area contributed by atoms with Crippen molar-refractivity contribution in [2.75, 3.05) is 33.4 Å². The first-order chi connectivity index (χ1) is 9.61. The summed E-state index contributed by atoms with van der Waals surface area (Å²) in [4.78, 5) is 4.23. The van der Waals surface area contributed by atoms with Gasteiger partial charge in [-0.1, -0.05) is 30.7 Å². The maximum Gasteiger partial charge on any atom is 0.191 e. The van der Waals surface area contributed by atoms with Crippen LogP contribution in [0.4, 0.5) is 0 Å². The zero-order chi connectivity index (χ0) is 14.4. The van der Waals surface area contributed by atoms with E-state index in [-0.39, 0.29) is 5.41 Å². The molecule has 1 aromatic carbocycles. The Morgan fingerprint density at radius 2 is 2.20 bits per heavy atom. The highest BCUT2D eigenvalue weighted by Gasteiger charge is 2.33. The summed E-state index contributed by atoms with van der Waals surface area (Å²) in [6.07, 6.45) is 0.918. The lowest BCUT2D eigenvalue weighted by Gasteiger charge is -2.38. The molecule has 1 aliphatic heterocycles. The fourth-order valence-electron chi connectivity index (χ4n) is 2.09. The van der Waals surface area contributed by atoms with Crippen LogP contribution in [0.5, 0.6) is 0 Å². The van der Waals surface area contributed by atoms with Crippen LogP contribution in [0.25, 0.3) is 0 Å². The van der Waals surface area contributed by atoms with Gasteiger partial charge >= 0.3 is 0 Å². The van der Waals surface area contributed by atoms with Crippen LogP contribution in [0.3, 0.4) is 0 Å². The number of hydrogen-bond acceptors (Lipinski definition) is 2. The molecule has 0 amide bonds. The average Bonchev–Trinajstić information content (AvgIpc) is 2.40. The molecular weight excluding hydrogens is 274 g/mol. The van der Waals surface area contributed by atoms with Crippen molar-refractivity contribution >= 4 is 17.6 Å². The molecule has 4 nitrogen and oxygen atoms in total. The van der Waals surface area contributed by atoms with E-state index < -0.39 is 0 Å². The lowest BCUT2D eigenvalue weighted by atomic mass is 9.89. The number of rotatable bonds is 5. The standard InChI is InChI=1S/C15H22ClN3O/c1-15(10-20-11-15)9-19-14(17-2)18-7-6-12-4-3-5-13(16)8-12/h3-5,8H,6-7,9-11H2,1-2H3,(H2,17,18,19). The predicted molar refractivity (Wildman–Crippen MR) is 83.4 cm³/mol. The van der Waals surface area contributed by atoms with Crippen molar-refractivity contribution in [1.29, 1.82) is 0 Å². The van der Waals surface area contributed by atoms with Gasteiger partial charge in [-0.3, -0.25) is 4.99 Å². The molecule has 1 heterocycles. The molecule has 1 aromatic rings. The van der Waals surface area contributed by atoms with Gasteiger partial charge in [0.05, 0.1) is 13.2 Å². The molecule has 110 valence electrons. The van der Waals surface area contributed by atoms with Crippen molar-refractivity contribution < 1.29 is 4.74 Å². The number of guanidine groups is 1. The Bertz CT molecular complexity index is 472. The zero-order valence-corrected chi connectivity index (χ0v) is 12.8. The normalized spacial score (nSPS) is 17.4. The first-order valence-corrected chi connectivity index (χ1v) is 7.26. The Morgan fingerprint density at radius 1 is 1.40 bits per heavy atom. The second-order valence-corrected chi connectivity index (χ2v) is 5.97. The predicted octanol–water partition coefficient (Wildman–Crippen LogP) is 2.08. The van der Waals surface area contributed by atoms with Gasteiger partial charge in [-0.2, -0.15) is 0 Å². The van der Waals surface area contributed by atoms with Crippen molar-refractivity contribution in [2.45, 2.75) is 13.3 Å². The van der Waals surface area contributed by atoms with Gasteiger partial charge in [0.2, 0.25) is 0 Å². The molecule has 2 N–H and O–H groups in total. The fourth-order valence-corrected chi connectivity index (χ4v) is 2.30. The molecule has 0 atom stereocenters. The van der Waals surface area contributed by atoms with Crippen molar-refractivity contribution in [3.05, 3.63) is 34.9 Å². The van der Waals surface area contributed by atoms with Gasteiger partial charge in [0.15, 0.2) is 5.96 Å². The highest BCUT2D eigenvalue weighted by atomic mass is 35.5. The first kappa shape index (κ1) is 15.1. The Kier molecular flexibility index (Phi) is 5.26. The molecule has 0 radical (unpaired) electrons. The largest absolute Gasteiger partial charge is 0.380 e. The quantitative estimate of drug-likeness (QED) is 0.646. The Hall–Kier alpha value is -1.26. The molecule has 0 unspecified atom stereocenters. The third kappa shape index (κ3) is 4.39. The molecule has 2 rings (SSSR count). The number of nitrogens with one attached hydrogen (secondary N) is 2. The van der Waals surface area contributed by atoms with E-state index in [1.807, 2.05) is 18.2 Å². The van der Waals surface area contributed by atoms with Gasteiger partial charge in [0.1, 0.15) is 0 Å². The van der Waals surface area contributed by atoms with Crippen LogP contribution in [0.1, 0.15) is 12.5 Å². The van der Waals surface area contributed by atoms with E-state index in [0.717, 1.165) is 43.7 Å². The minimum Gasteiger partial charge on any atom is -0.380 e. The molecule has 0 bridgehead atoms. The molecule has 0 aliphatic carbocycles. The molecule has 0 spiro atoms. The molecule has 0 saturated carbocycles. The summed E-state index contributed by atoms with van der Waals surface area (Å²) in [7, 11) is 1.79. The number of aliphatic imine (C=N–C) groups is 1. The number of benzene rings is 1. The van der Waals surface area contributed by atoms with E-state index in [1.54, 1.807) is 7.05 Å². The van der Waals surface area contributed by atoms with Crippen molar-refractivity contribution in [2.24, 2.45) is 10.4 Å². The SMILES string of the molecule is CN=C(NCCc1cccc(Cl)c1)NCC1(C)COC1. The Labute approximate surface area is 125 Å². The number of hydrogen-bond donors (Lipinski definition) is 2. The topological polar surface area (TPSA) is 45.7 Å². The van der Waals surface area contributed by atoms with Crippen LogP contribution in [-0.2, 0) is 11.2 Å². The lowest BCUT2D eigenvalue weighted by molar-refractivity contribution is -0.0971. The molecule has 1 fully saturated rings. The van der Waals surface area contributed by atoms with Crippen LogP contribution >= 0.6 is 11.6 Å². The average molecular weight is 296 g/mol. The van der Waals surface area contributed by atoms with Crippen molar-refractivity contribution in [3.63, 3.8) is 0 Å². The summed E-state index contributed by atoms with van der Waals surface area (Å²) >= 11 is 5.97. The third-order valence-corrected chi connectivity index (χ3v) is 3.64. The summed E-state index contributed by atoms with van der Waals surface area (Å²) in [5, 5.41) is 7.44. The van der Waals surface area contributed by atoms with E-state index in [9.17, 15) is 0 Å². The maximum atomic E-state index is 5.97. The van der Waals surface area contributed by atoms with E-state index in [4.69, 9.17) is 16.3 Å². The Balaban J connectivity index is 1.71. The second kappa shape index (κ2) is 6.95. The number of nitrogens with zero attached hydrogens (tertiary/aromatic N) is 1. The van der Waals surface area contributed by atoms with Gasteiger partial charge < -0.3 is 15.4 Å². The smallest absolute Gasteiger partial charge is 0.191 e. The third-order valence-electron chi connectivity index (χ3n) is 3.40. The summed E-state index contributed by atoms with van der Waals surface area (Å²) in [5.41, 5.74) is 1.46. The molecule has 5 heteroatoms. The summed E-state index contributed by atoms with van der Waals surface area (Å²) in [6, 6.07) is 7.94. The zero-order valence-electron chi connectivity index (χ0n) is 12.1. The Morgan fingerprint density at radius 3 is 2.80 bits per heavy atom. The van der Waals surface area contributed by atoms with Gasteiger partial charge in [0, 0.05) is 30.6 Å². The van der Waals surface area contributed by atoms with Gasteiger partial charge in [-0.05, 0) is 24.1 Å². The first-order valence-electron chi connectivity index (χ1n) is 6.88. The van der Waals surface area contributed by atoms with Gasteiger partial charge in [0.25, 0.3) is 0 Å². The fraction of sp³-hybridized carbons (Fsp3) is 0.533. The van der Waals surface area contributed by atoms with Gasteiger partial charge in [-0.25, -0.2) is 0 Å². The summed E-state index contributed by atoms with van der Waals surface area (Å²) < 4.78 is 5.24. The van der Waals surface area contributed by atoms with Crippen molar-refractivity contribution in [1.82, 2.24) is 10.6 Å². The molecule has 1 saturated heterocycles. The highest BCUT2D eigenvalue weighted by Crippen LogP contribution is 2.24. The second-order valence-electron chi connectivity index (χ2n) is 5.54. The monoisotopic (exact) mass is 295 g/mol. The minimum atomic E-state index is 0.241. The van der Waals surface area contributed by atoms with E-state index in [0.29, 0.717) is 0 Å².